The molecule has 1 atom stereocenters. The summed E-state index contributed by atoms with van der Waals surface area (Å²) in [5, 5.41) is 7.46. The van der Waals surface area contributed by atoms with Crippen molar-refractivity contribution in [1.82, 2.24) is 15.5 Å². The summed E-state index contributed by atoms with van der Waals surface area (Å²) in [5.41, 5.74) is -0.0799. The maximum atomic E-state index is 5.44. The minimum absolute atomic E-state index is 0.0799. The molecule has 1 N–H and O–H groups in total. The Labute approximate surface area is 115 Å². The second kappa shape index (κ2) is 6.48. The number of piperidine rings is 1. The molecule has 19 heavy (non-hydrogen) atoms. The van der Waals surface area contributed by atoms with E-state index in [2.05, 4.69) is 36.2 Å². The van der Waals surface area contributed by atoms with Crippen molar-refractivity contribution in [2.75, 3.05) is 19.7 Å². The third-order valence-corrected chi connectivity index (χ3v) is 3.92. The van der Waals surface area contributed by atoms with E-state index in [1.165, 1.54) is 12.8 Å². The van der Waals surface area contributed by atoms with Crippen LogP contribution in [0.2, 0.25) is 0 Å². The van der Waals surface area contributed by atoms with E-state index in [4.69, 9.17) is 9.26 Å². The molecule has 1 aromatic heterocycles. The van der Waals surface area contributed by atoms with Gasteiger partial charge in [0.2, 0.25) is 5.89 Å². The molecule has 1 fully saturated rings. The Kier molecular flexibility index (Phi) is 4.93. The summed E-state index contributed by atoms with van der Waals surface area (Å²) in [5.74, 6) is 1.93. The van der Waals surface area contributed by atoms with Gasteiger partial charge in [-0.2, -0.15) is 4.98 Å². The highest BCUT2D eigenvalue weighted by molar-refractivity contribution is 5.05. The van der Waals surface area contributed by atoms with E-state index in [1.54, 1.807) is 0 Å². The van der Waals surface area contributed by atoms with E-state index in [0.717, 1.165) is 32.0 Å². The molecule has 2 heterocycles. The Balaban J connectivity index is 1.99. The van der Waals surface area contributed by atoms with Gasteiger partial charge in [0, 0.05) is 12.0 Å². The van der Waals surface area contributed by atoms with Crippen LogP contribution in [0.25, 0.3) is 0 Å². The molecular weight excluding hydrogens is 242 g/mol. The molecule has 5 nitrogen and oxygen atoms in total. The van der Waals surface area contributed by atoms with Crippen molar-refractivity contribution in [3.63, 3.8) is 0 Å². The number of ether oxygens (including phenoxy) is 1. The molecular formula is C14H25N3O2. The summed E-state index contributed by atoms with van der Waals surface area (Å²) in [4.78, 5) is 4.50. The van der Waals surface area contributed by atoms with Crippen molar-refractivity contribution in [3.05, 3.63) is 11.7 Å². The third kappa shape index (κ3) is 3.54. The smallest absolute Gasteiger partial charge is 0.232 e. The van der Waals surface area contributed by atoms with Gasteiger partial charge in [-0.15, -0.1) is 0 Å². The van der Waals surface area contributed by atoms with Crippen molar-refractivity contribution in [3.8, 4) is 0 Å². The summed E-state index contributed by atoms with van der Waals surface area (Å²) >= 11 is 0. The van der Waals surface area contributed by atoms with Crippen LogP contribution in [-0.4, -0.2) is 29.8 Å². The monoisotopic (exact) mass is 267 g/mol. The summed E-state index contributed by atoms with van der Waals surface area (Å²) in [6.07, 6.45) is 3.43. The van der Waals surface area contributed by atoms with Gasteiger partial charge in [-0.1, -0.05) is 25.9 Å². The lowest BCUT2D eigenvalue weighted by Crippen LogP contribution is -2.40. The van der Waals surface area contributed by atoms with Crippen LogP contribution in [-0.2, 0) is 16.8 Å². The van der Waals surface area contributed by atoms with Gasteiger partial charge in [0.25, 0.3) is 0 Å². The van der Waals surface area contributed by atoms with Crippen LogP contribution in [0.1, 0.15) is 51.7 Å². The van der Waals surface area contributed by atoms with Crippen molar-refractivity contribution >= 4 is 0 Å². The fourth-order valence-corrected chi connectivity index (χ4v) is 2.52. The van der Waals surface area contributed by atoms with Gasteiger partial charge >= 0.3 is 0 Å². The molecule has 1 unspecified atom stereocenters. The molecule has 0 aromatic carbocycles. The minimum Gasteiger partial charge on any atom is -0.373 e. The Hall–Kier alpha value is -0.940. The van der Waals surface area contributed by atoms with E-state index in [-0.39, 0.29) is 5.41 Å². The summed E-state index contributed by atoms with van der Waals surface area (Å²) in [6, 6.07) is 0. The van der Waals surface area contributed by atoms with Crippen LogP contribution in [0.5, 0.6) is 0 Å². The average molecular weight is 267 g/mol. The molecule has 5 heteroatoms. The lowest BCUT2D eigenvalue weighted by Gasteiger charge is -2.34. The number of rotatable bonds is 6. The summed E-state index contributed by atoms with van der Waals surface area (Å²) in [6.45, 7) is 9.78. The fourth-order valence-electron chi connectivity index (χ4n) is 2.52. The third-order valence-electron chi connectivity index (χ3n) is 3.92. The van der Waals surface area contributed by atoms with E-state index in [1.807, 2.05) is 0 Å². The molecule has 1 aromatic rings. The lowest BCUT2D eigenvalue weighted by atomic mass is 9.75. The second-order valence-corrected chi connectivity index (χ2v) is 5.83. The Bertz CT molecular complexity index is 384. The Morgan fingerprint density at radius 3 is 3.00 bits per heavy atom. The van der Waals surface area contributed by atoms with E-state index >= 15 is 0 Å². The SMILES string of the molecule is CCCOCc1noc(C(C)(C)C2CCCNC2)n1. The lowest BCUT2D eigenvalue weighted by molar-refractivity contribution is 0.114. The highest BCUT2D eigenvalue weighted by Crippen LogP contribution is 2.34. The van der Waals surface area contributed by atoms with Gasteiger partial charge in [-0.3, -0.25) is 0 Å². The zero-order valence-corrected chi connectivity index (χ0v) is 12.2. The normalized spacial score (nSPS) is 20.7. The minimum atomic E-state index is -0.0799. The van der Waals surface area contributed by atoms with Gasteiger partial charge < -0.3 is 14.6 Å². The predicted molar refractivity (Wildman–Crippen MR) is 72.9 cm³/mol. The van der Waals surface area contributed by atoms with Crippen LogP contribution in [0.15, 0.2) is 4.52 Å². The Morgan fingerprint density at radius 2 is 2.32 bits per heavy atom. The van der Waals surface area contributed by atoms with E-state index in [9.17, 15) is 0 Å². The van der Waals surface area contributed by atoms with Crippen molar-refractivity contribution < 1.29 is 9.26 Å². The van der Waals surface area contributed by atoms with Crippen LogP contribution < -0.4 is 5.32 Å². The molecule has 108 valence electrons. The molecule has 0 spiro atoms. The summed E-state index contributed by atoms with van der Waals surface area (Å²) < 4.78 is 10.9. The van der Waals surface area contributed by atoms with Gasteiger partial charge in [0.05, 0.1) is 0 Å². The average Bonchev–Trinajstić information content (AvgIpc) is 2.90. The largest absolute Gasteiger partial charge is 0.373 e. The van der Waals surface area contributed by atoms with Crippen LogP contribution in [0, 0.1) is 5.92 Å². The van der Waals surface area contributed by atoms with Gasteiger partial charge in [0.15, 0.2) is 5.82 Å². The number of nitrogens with one attached hydrogen (secondary N) is 1. The van der Waals surface area contributed by atoms with E-state index < -0.39 is 0 Å². The molecule has 0 aliphatic carbocycles. The second-order valence-electron chi connectivity index (χ2n) is 5.83. The van der Waals surface area contributed by atoms with E-state index in [0.29, 0.717) is 18.3 Å². The predicted octanol–water partition coefficient (Wildman–Crippen LogP) is 2.27. The number of aromatic nitrogens is 2. The maximum absolute atomic E-state index is 5.44. The number of hydrogen-bond acceptors (Lipinski definition) is 5. The van der Waals surface area contributed by atoms with Gasteiger partial charge in [-0.25, -0.2) is 0 Å². The zero-order chi connectivity index (χ0) is 13.7. The quantitative estimate of drug-likeness (QED) is 0.801. The first kappa shape index (κ1) is 14.5. The summed E-state index contributed by atoms with van der Waals surface area (Å²) in [7, 11) is 0. The topological polar surface area (TPSA) is 60.2 Å². The molecule has 1 saturated heterocycles. The van der Waals surface area contributed by atoms with Crippen molar-refractivity contribution in [2.45, 2.75) is 52.1 Å². The first-order chi connectivity index (χ1) is 9.14. The fraction of sp³-hybridized carbons (Fsp3) is 0.857. The maximum Gasteiger partial charge on any atom is 0.232 e. The van der Waals surface area contributed by atoms with Crippen LogP contribution in [0.3, 0.4) is 0 Å². The molecule has 2 rings (SSSR count). The number of hydrogen-bond donors (Lipinski definition) is 1. The van der Waals surface area contributed by atoms with Crippen molar-refractivity contribution in [2.24, 2.45) is 5.92 Å². The molecule has 0 saturated carbocycles. The molecule has 0 amide bonds. The molecule has 1 aliphatic heterocycles. The van der Waals surface area contributed by atoms with Gasteiger partial charge in [0.1, 0.15) is 6.61 Å². The first-order valence-corrected chi connectivity index (χ1v) is 7.26. The molecule has 0 bridgehead atoms. The van der Waals surface area contributed by atoms with Crippen LogP contribution >= 0.6 is 0 Å². The molecule has 0 radical (unpaired) electrons. The van der Waals surface area contributed by atoms with Crippen LogP contribution in [0.4, 0.5) is 0 Å². The van der Waals surface area contributed by atoms with Crippen molar-refractivity contribution in [1.29, 1.82) is 0 Å². The standard InChI is InChI=1S/C14H25N3O2/c1-4-8-18-10-12-16-13(19-17-12)14(2,3)11-6-5-7-15-9-11/h11,15H,4-10H2,1-3H3. The first-order valence-electron chi connectivity index (χ1n) is 7.26. The number of nitrogens with zero attached hydrogens (tertiary/aromatic N) is 2. The highest BCUT2D eigenvalue weighted by atomic mass is 16.5. The zero-order valence-electron chi connectivity index (χ0n) is 12.2. The highest BCUT2D eigenvalue weighted by Gasteiger charge is 2.37. The van der Waals surface area contributed by atoms with Gasteiger partial charge in [-0.05, 0) is 38.3 Å². The Morgan fingerprint density at radius 1 is 1.47 bits per heavy atom. The molecule has 1 aliphatic rings.